The average molecular weight is 512 g/mol. The summed E-state index contributed by atoms with van der Waals surface area (Å²) in [6, 6.07) is 17.6. The van der Waals surface area contributed by atoms with E-state index in [1.807, 2.05) is 25.1 Å². The molecule has 7 nitrogen and oxygen atoms in total. The lowest BCUT2D eigenvalue weighted by Gasteiger charge is -2.25. The van der Waals surface area contributed by atoms with Gasteiger partial charge in [-0.1, -0.05) is 12.1 Å². The lowest BCUT2D eigenvalue weighted by atomic mass is 10.0. The Morgan fingerprint density at radius 3 is 2.11 bits per heavy atom. The van der Waals surface area contributed by atoms with Crippen molar-refractivity contribution in [2.45, 2.75) is 26.8 Å². The molecule has 2 saturated heterocycles. The van der Waals surface area contributed by atoms with Crippen molar-refractivity contribution < 1.29 is 9.47 Å². The average Bonchev–Trinajstić information content (AvgIpc) is 3.61. The molecular weight excluding hydrogens is 474 g/mol. The van der Waals surface area contributed by atoms with Crippen molar-refractivity contribution in [1.82, 2.24) is 19.4 Å². The molecule has 0 saturated carbocycles. The molecule has 0 amide bonds. The smallest absolute Gasteiger partial charge is 0.161 e. The van der Waals surface area contributed by atoms with E-state index >= 15 is 0 Å². The van der Waals surface area contributed by atoms with E-state index in [9.17, 15) is 0 Å². The minimum atomic E-state index is 0.649. The van der Waals surface area contributed by atoms with E-state index in [4.69, 9.17) is 19.4 Å². The Kier molecular flexibility index (Phi) is 6.26. The van der Waals surface area contributed by atoms with Crippen LogP contribution in [0.15, 0.2) is 48.5 Å². The Balaban J connectivity index is 1.26. The van der Waals surface area contributed by atoms with Crippen LogP contribution < -0.4 is 14.4 Å². The lowest BCUT2D eigenvalue weighted by molar-refractivity contribution is 0.258. The molecule has 0 N–H and O–H groups in total. The molecule has 2 fully saturated rings. The third kappa shape index (κ3) is 4.19. The molecule has 198 valence electrons. The number of rotatable bonds is 6. The molecule has 38 heavy (non-hydrogen) atoms. The molecule has 6 rings (SSSR count). The highest BCUT2D eigenvalue weighted by Gasteiger charge is 2.40. The van der Waals surface area contributed by atoms with Crippen molar-refractivity contribution in [3.63, 3.8) is 0 Å². The van der Waals surface area contributed by atoms with Gasteiger partial charge in [0, 0.05) is 56.1 Å². The van der Waals surface area contributed by atoms with Crippen molar-refractivity contribution in [2.24, 2.45) is 18.9 Å². The van der Waals surface area contributed by atoms with Crippen molar-refractivity contribution in [3.05, 3.63) is 54.2 Å². The van der Waals surface area contributed by atoms with Gasteiger partial charge in [0.15, 0.2) is 11.5 Å². The van der Waals surface area contributed by atoms with Crippen LogP contribution >= 0.6 is 0 Å². The summed E-state index contributed by atoms with van der Waals surface area (Å²) in [4.78, 5) is 15.1. The first-order valence-corrected chi connectivity index (χ1v) is 13.5. The second-order valence-electron chi connectivity index (χ2n) is 11.0. The number of ether oxygens (including phenoxy) is 2. The molecule has 0 aliphatic carbocycles. The third-order valence-electron chi connectivity index (χ3n) is 8.46. The zero-order chi connectivity index (χ0) is 26.6. The summed E-state index contributed by atoms with van der Waals surface area (Å²) < 4.78 is 13.1. The van der Waals surface area contributed by atoms with Crippen LogP contribution in [0.25, 0.3) is 33.7 Å². The first-order chi connectivity index (χ1) is 18.4. The molecule has 2 aromatic carbocycles. The van der Waals surface area contributed by atoms with Gasteiger partial charge in [0.2, 0.25) is 0 Å². The third-order valence-corrected chi connectivity index (χ3v) is 8.46. The van der Waals surface area contributed by atoms with Crippen molar-refractivity contribution >= 4 is 16.7 Å². The van der Waals surface area contributed by atoms with Crippen molar-refractivity contribution in [2.75, 3.05) is 45.3 Å². The highest BCUT2D eigenvalue weighted by Crippen LogP contribution is 2.37. The molecular formula is C31H37N5O2. The van der Waals surface area contributed by atoms with Gasteiger partial charge in [0.25, 0.3) is 0 Å². The fourth-order valence-corrected chi connectivity index (χ4v) is 6.22. The van der Waals surface area contributed by atoms with Crippen LogP contribution in [0.5, 0.6) is 11.5 Å². The van der Waals surface area contributed by atoms with Crippen LogP contribution in [0.3, 0.4) is 0 Å². The van der Waals surface area contributed by atoms with Crippen molar-refractivity contribution in [3.8, 4) is 34.1 Å². The Labute approximate surface area is 225 Å². The maximum Gasteiger partial charge on any atom is 0.161 e. The minimum absolute atomic E-state index is 0.649. The summed E-state index contributed by atoms with van der Waals surface area (Å²) in [5.74, 6) is 3.83. The Hall–Kier alpha value is -3.58. The second kappa shape index (κ2) is 9.62. The number of fused-ring (bicyclic) bond motifs is 2. The Morgan fingerprint density at radius 2 is 1.47 bits per heavy atom. The molecule has 2 aliphatic rings. The summed E-state index contributed by atoms with van der Waals surface area (Å²) in [5.41, 5.74) is 7.27. The number of nitrogens with zero attached hydrogens (tertiary/aromatic N) is 5. The summed E-state index contributed by atoms with van der Waals surface area (Å²) >= 11 is 0. The van der Waals surface area contributed by atoms with E-state index in [1.165, 1.54) is 18.8 Å². The van der Waals surface area contributed by atoms with Crippen LogP contribution in [0.1, 0.15) is 19.5 Å². The van der Waals surface area contributed by atoms with Gasteiger partial charge in [-0.3, -0.25) is 4.98 Å². The Morgan fingerprint density at radius 1 is 0.816 bits per heavy atom. The largest absolute Gasteiger partial charge is 0.493 e. The Bertz CT molecular complexity index is 1460. The van der Waals surface area contributed by atoms with Crippen LogP contribution in [-0.2, 0) is 7.05 Å². The van der Waals surface area contributed by atoms with Gasteiger partial charge in [0.05, 0.1) is 31.1 Å². The molecule has 2 aromatic heterocycles. The fourth-order valence-electron chi connectivity index (χ4n) is 6.22. The van der Waals surface area contributed by atoms with Gasteiger partial charge < -0.3 is 23.8 Å². The van der Waals surface area contributed by atoms with Gasteiger partial charge in [0.1, 0.15) is 11.3 Å². The number of imidazole rings is 1. The lowest BCUT2D eigenvalue weighted by Crippen LogP contribution is -2.33. The van der Waals surface area contributed by atoms with Crippen LogP contribution in [0.2, 0.25) is 0 Å². The molecule has 0 spiro atoms. The van der Waals surface area contributed by atoms with E-state index in [0.29, 0.717) is 17.5 Å². The van der Waals surface area contributed by atoms with Crippen LogP contribution in [-0.4, -0.2) is 65.9 Å². The fraction of sp³-hybridized carbons (Fsp3) is 0.419. The van der Waals surface area contributed by atoms with E-state index in [2.05, 4.69) is 65.6 Å². The summed E-state index contributed by atoms with van der Waals surface area (Å²) in [5, 5.41) is 0. The molecule has 4 aromatic rings. The van der Waals surface area contributed by atoms with Gasteiger partial charge >= 0.3 is 0 Å². The summed E-state index contributed by atoms with van der Waals surface area (Å²) in [7, 11) is 5.35. The molecule has 0 radical (unpaired) electrons. The SMILES string of the molecule is COc1ccc(-c2nc3c(C)nc(-c4ccc(N5C[C@@H]6CN(C(C)C)C[C@@H]6C5)cc4)cc3n2C)cc1OC. The molecule has 4 heterocycles. The standard InChI is InChI=1S/C31H37N5O2/c1-19(2)35-15-23-17-36(18-24(23)16-35)25-10-7-21(8-11-25)26-14-27-30(20(3)32-26)33-31(34(27)4)22-9-12-28(37-5)29(13-22)38-6/h7-14,19,23-24H,15-18H2,1-6H3/t23-,24+. The molecule has 0 unspecified atom stereocenters. The normalized spacial score (nSPS) is 19.5. The van der Waals surface area contributed by atoms with Crippen molar-refractivity contribution in [1.29, 1.82) is 0 Å². The number of anilines is 1. The number of aryl methyl sites for hydroxylation is 2. The van der Waals surface area contributed by atoms with E-state index < -0.39 is 0 Å². The quantitative estimate of drug-likeness (QED) is 0.345. The van der Waals surface area contributed by atoms with Gasteiger partial charge in [-0.2, -0.15) is 0 Å². The summed E-state index contributed by atoms with van der Waals surface area (Å²) in [6.07, 6.45) is 0. The molecule has 0 bridgehead atoms. The number of aromatic nitrogens is 3. The number of hydrogen-bond donors (Lipinski definition) is 0. The molecule has 2 atom stereocenters. The highest BCUT2D eigenvalue weighted by molar-refractivity contribution is 5.86. The van der Waals surface area contributed by atoms with E-state index in [-0.39, 0.29) is 0 Å². The zero-order valence-electron chi connectivity index (χ0n) is 23.2. The number of benzene rings is 2. The van der Waals surface area contributed by atoms with Crippen LogP contribution in [0.4, 0.5) is 5.69 Å². The number of hydrogen-bond acceptors (Lipinski definition) is 6. The van der Waals surface area contributed by atoms with Gasteiger partial charge in [-0.25, -0.2) is 4.98 Å². The second-order valence-corrected chi connectivity index (χ2v) is 11.0. The van der Waals surface area contributed by atoms with Crippen LogP contribution in [0, 0.1) is 18.8 Å². The highest BCUT2D eigenvalue weighted by atomic mass is 16.5. The maximum absolute atomic E-state index is 5.51. The first kappa shape index (κ1) is 24.7. The topological polar surface area (TPSA) is 55.7 Å². The van der Waals surface area contributed by atoms with E-state index in [0.717, 1.165) is 64.3 Å². The number of likely N-dealkylation sites (tertiary alicyclic amines) is 1. The maximum atomic E-state index is 5.51. The zero-order valence-corrected chi connectivity index (χ0v) is 23.2. The molecule has 2 aliphatic heterocycles. The molecule has 7 heteroatoms. The predicted molar refractivity (Wildman–Crippen MR) is 153 cm³/mol. The van der Waals surface area contributed by atoms with Gasteiger partial charge in [-0.05, 0) is 69.0 Å². The van der Waals surface area contributed by atoms with E-state index in [1.54, 1.807) is 14.2 Å². The number of pyridine rings is 1. The summed E-state index contributed by atoms with van der Waals surface area (Å²) in [6.45, 7) is 11.4. The number of methoxy groups -OCH3 is 2. The minimum Gasteiger partial charge on any atom is -0.493 e. The monoisotopic (exact) mass is 511 g/mol. The predicted octanol–water partition coefficient (Wildman–Crippen LogP) is 5.40. The first-order valence-electron chi connectivity index (χ1n) is 13.5. The van der Waals surface area contributed by atoms with Gasteiger partial charge in [-0.15, -0.1) is 0 Å².